The van der Waals surface area contributed by atoms with Gasteiger partial charge in [0.05, 0.1) is 19.6 Å². The van der Waals surface area contributed by atoms with Gasteiger partial charge in [0.25, 0.3) is 0 Å². The van der Waals surface area contributed by atoms with Crippen molar-refractivity contribution in [3.05, 3.63) is 29.8 Å². The lowest BCUT2D eigenvalue weighted by Gasteiger charge is -2.14. The summed E-state index contributed by atoms with van der Waals surface area (Å²) in [6, 6.07) is 8.26. The minimum atomic E-state index is -0.157. The molecule has 4 heteroatoms. The maximum Gasteiger partial charge on any atom is 0.307 e. The molecule has 20 heavy (non-hydrogen) atoms. The summed E-state index contributed by atoms with van der Waals surface area (Å²) in [6.45, 7) is 7.78. The van der Waals surface area contributed by atoms with Crippen LogP contribution in [0.5, 0.6) is 5.75 Å². The Hall–Kier alpha value is -1.55. The Kier molecular flexibility index (Phi) is 7.73. The van der Waals surface area contributed by atoms with Gasteiger partial charge >= 0.3 is 5.97 Å². The van der Waals surface area contributed by atoms with Crippen LogP contribution in [0.4, 0.5) is 0 Å². The fourth-order valence-electron chi connectivity index (χ4n) is 1.81. The van der Waals surface area contributed by atoms with Crippen molar-refractivity contribution < 1.29 is 14.3 Å². The number of nitrogens with one attached hydrogen (secondary N) is 1. The van der Waals surface area contributed by atoms with E-state index in [0.29, 0.717) is 19.6 Å². The molecule has 0 aliphatic carbocycles. The summed E-state index contributed by atoms with van der Waals surface area (Å²) in [6.07, 6.45) is 1.41. The molecule has 4 nitrogen and oxygen atoms in total. The first kappa shape index (κ1) is 16.5. The quantitative estimate of drug-likeness (QED) is 0.706. The van der Waals surface area contributed by atoms with Gasteiger partial charge in [-0.1, -0.05) is 19.1 Å². The molecule has 1 aromatic rings. The summed E-state index contributed by atoms with van der Waals surface area (Å²) < 4.78 is 10.4. The minimum Gasteiger partial charge on any atom is -0.494 e. The first-order valence-electron chi connectivity index (χ1n) is 7.29. The molecule has 0 saturated heterocycles. The molecule has 1 rings (SSSR count). The molecule has 112 valence electrons. The van der Waals surface area contributed by atoms with Crippen LogP contribution in [-0.4, -0.2) is 25.7 Å². The van der Waals surface area contributed by atoms with E-state index < -0.39 is 0 Å². The molecule has 0 aromatic heterocycles. The van der Waals surface area contributed by atoms with E-state index in [1.54, 1.807) is 0 Å². The van der Waals surface area contributed by atoms with Crippen LogP contribution in [-0.2, 0) is 9.53 Å². The molecule has 1 N–H and O–H groups in total. The second-order valence-corrected chi connectivity index (χ2v) is 4.65. The van der Waals surface area contributed by atoms with Gasteiger partial charge in [0.1, 0.15) is 5.75 Å². The Bertz CT molecular complexity index is 389. The van der Waals surface area contributed by atoms with Gasteiger partial charge in [-0.05, 0) is 38.0 Å². The molecule has 0 aliphatic rings. The number of hydrogen-bond donors (Lipinski definition) is 1. The lowest BCUT2D eigenvalue weighted by Crippen LogP contribution is -2.22. The van der Waals surface area contributed by atoms with E-state index in [0.717, 1.165) is 18.8 Å². The second kappa shape index (κ2) is 9.37. The van der Waals surface area contributed by atoms with Crippen molar-refractivity contribution in [1.82, 2.24) is 5.32 Å². The molecule has 0 saturated carbocycles. The predicted molar refractivity (Wildman–Crippen MR) is 79.9 cm³/mol. The highest BCUT2D eigenvalue weighted by molar-refractivity contribution is 5.69. The predicted octanol–water partition coefficient (Wildman–Crippen LogP) is 3.08. The van der Waals surface area contributed by atoms with E-state index in [1.165, 1.54) is 5.56 Å². The van der Waals surface area contributed by atoms with Crippen LogP contribution in [0.25, 0.3) is 0 Å². The minimum absolute atomic E-state index is 0.157. The van der Waals surface area contributed by atoms with E-state index in [1.807, 2.05) is 31.2 Å². The van der Waals surface area contributed by atoms with Crippen molar-refractivity contribution >= 4 is 5.97 Å². The fourth-order valence-corrected chi connectivity index (χ4v) is 1.81. The Morgan fingerprint density at radius 2 is 1.95 bits per heavy atom. The van der Waals surface area contributed by atoms with Crippen LogP contribution in [0.3, 0.4) is 0 Å². The Balaban J connectivity index is 2.35. The molecule has 1 aromatic carbocycles. The lowest BCUT2D eigenvalue weighted by atomic mass is 10.1. The standard InChI is InChI=1S/C16H25NO3/c1-4-12-20-15-8-6-14(7-9-15)13(3)17-11-10-16(18)19-5-2/h6-9,13,17H,4-5,10-12H2,1-3H3. The number of rotatable bonds is 9. The lowest BCUT2D eigenvalue weighted by molar-refractivity contribution is -0.143. The summed E-state index contributed by atoms with van der Waals surface area (Å²) in [4.78, 5) is 11.2. The van der Waals surface area contributed by atoms with Crippen LogP contribution >= 0.6 is 0 Å². The maximum atomic E-state index is 11.2. The molecule has 1 unspecified atom stereocenters. The molecule has 1 atom stereocenters. The van der Waals surface area contributed by atoms with Crippen molar-refractivity contribution in [2.75, 3.05) is 19.8 Å². The maximum absolute atomic E-state index is 11.2. The van der Waals surface area contributed by atoms with E-state index in [2.05, 4.69) is 19.2 Å². The molecule has 0 heterocycles. The van der Waals surface area contributed by atoms with Crippen molar-refractivity contribution in [2.45, 2.75) is 39.7 Å². The number of carbonyl (C=O) groups is 1. The second-order valence-electron chi connectivity index (χ2n) is 4.65. The normalized spacial score (nSPS) is 11.9. The van der Waals surface area contributed by atoms with Crippen molar-refractivity contribution in [1.29, 1.82) is 0 Å². The van der Waals surface area contributed by atoms with E-state index in [9.17, 15) is 4.79 Å². The van der Waals surface area contributed by atoms with Gasteiger partial charge in [0.2, 0.25) is 0 Å². The highest BCUT2D eigenvalue weighted by atomic mass is 16.5. The summed E-state index contributed by atoms with van der Waals surface area (Å²) in [7, 11) is 0. The summed E-state index contributed by atoms with van der Waals surface area (Å²) >= 11 is 0. The fraction of sp³-hybridized carbons (Fsp3) is 0.562. The Morgan fingerprint density at radius 3 is 2.55 bits per heavy atom. The third-order valence-corrected chi connectivity index (χ3v) is 2.94. The zero-order valence-corrected chi connectivity index (χ0v) is 12.6. The zero-order valence-electron chi connectivity index (χ0n) is 12.6. The molecular formula is C16H25NO3. The van der Waals surface area contributed by atoms with E-state index in [-0.39, 0.29) is 12.0 Å². The first-order chi connectivity index (χ1) is 9.67. The van der Waals surface area contributed by atoms with Gasteiger partial charge in [-0.25, -0.2) is 0 Å². The summed E-state index contributed by atoms with van der Waals surface area (Å²) in [5.41, 5.74) is 1.18. The van der Waals surface area contributed by atoms with Gasteiger partial charge in [-0.2, -0.15) is 0 Å². The highest BCUT2D eigenvalue weighted by Gasteiger charge is 2.07. The SMILES string of the molecule is CCCOc1ccc(C(C)NCCC(=O)OCC)cc1. The number of benzene rings is 1. The summed E-state index contributed by atoms with van der Waals surface area (Å²) in [5.74, 6) is 0.741. The van der Waals surface area contributed by atoms with Crippen LogP contribution in [0.15, 0.2) is 24.3 Å². The summed E-state index contributed by atoms with van der Waals surface area (Å²) in [5, 5.41) is 3.31. The van der Waals surface area contributed by atoms with Crippen LogP contribution < -0.4 is 10.1 Å². The highest BCUT2D eigenvalue weighted by Crippen LogP contribution is 2.17. The van der Waals surface area contributed by atoms with E-state index in [4.69, 9.17) is 9.47 Å². The van der Waals surface area contributed by atoms with Crippen LogP contribution in [0.2, 0.25) is 0 Å². The number of ether oxygens (including phenoxy) is 2. The van der Waals surface area contributed by atoms with Crippen molar-refractivity contribution in [3.63, 3.8) is 0 Å². The van der Waals surface area contributed by atoms with Gasteiger partial charge in [-0.15, -0.1) is 0 Å². The average molecular weight is 279 g/mol. The van der Waals surface area contributed by atoms with Gasteiger partial charge < -0.3 is 14.8 Å². The monoisotopic (exact) mass is 279 g/mol. The third-order valence-electron chi connectivity index (χ3n) is 2.94. The number of carbonyl (C=O) groups excluding carboxylic acids is 1. The first-order valence-corrected chi connectivity index (χ1v) is 7.29. The van der Waals surface area contributed by atoms with Gasteiger partial charge in [-0.3, -0.25) is 4.79 Å². The van der Waals surface area contributed by atoms with E-state index >= 15 is 0 Å². The molecule has 0 spiro atoms. The van der Waals surface area contributed by atoms with Gasteiger partial charge in [0, 0.05) is 12.6 Å². The molecule has 0 radical (unpaired) electrons. The molecular weight excluding hydrogens is 254 g/mol. The van der Waals surface area contributed by atoms with Crippen molar-refractivity contribution in [2.24, 2.45) is 0 Å². The zero-order chi connectivity index (χ0) is 14.8. The molecule has 0 amide bonds. The largest absolute Gasteiger partial charge is 0.494 e. The van der Waals surface area contributed by atoms with Crippen LogP contribution in [0, 0.1) is 0 Å². The third kappa shape index (κ3) is 6.06. The topological polar surface area (TPSA) is 47.6 Å². The smallest absolute Gasteiger partial charge is 0.307 e. The molecule has 0 aliphatic heterocycles. The Labute approximate surface area is 121 Å². The number of hydrogen-bond acceptors (Lipinski definition) is 4. The van der Waals surface area contributed by atoms with Crippen LogP contribution in [0.1, 0.15) is 45.2 Å². The Morgan fingerprint density at radius 1 is 1.25 bits per heavy atom. The van der Waals surface area contributed by atoms with Gasteiger partial charge in [0.15, 0.2) is 0 Å². The average Bonchev–Trinajstić information content (AvgIpc) is 2.46. The molecule has 0 fully saturated rings. The number of esters is 1. The van der Waals surface area contributed by atoms with Crippen molar-refractivity contribution in [3.8, 4) is 5.75 Å². The molecule has 0 bridgehead atoms.